The first-order valence-electron chi connectivity index (χ1n) is 13.2. The van der Waals surface area contributed by atoms with Crippen molar-refractivity contribution >= 4 is 29.0 Å². The van der Waals surface area contributed by atoms with Crippen LogP contribution < -0.4 is 10.6 Å². The number of nitrogens with one attached hydrogen (secondary N) is 2. The molecule has 192 valence electrons. The van der Waals surface area contributed by atoms with E-state index in [1.165, 1.54) is 38.5 Å². The molecule has 0 radical (unpaired) electrons. The number of benzene rings is 2. The number of anilines is 1. The van der Waals surface area contributed by atoms with Gasteiger partial charge in [-0.2, -0.15) is 0 Å². The van der Waals surface area contributed by atoms with Crippen molar-refractivity contribution in [2.45, 2.75) is 83.1 Å². The number of carbonyl (C=O) groups excluding carboxylic acids is 2. The van der Waals surface area contributed by atoms with Crippen LogP contribution in [0.2, 0.25) is 0 Å². The first kappa shape index (κ1) is 27.2. The highest BCUT2D eigenvalue weighted by Crippen LogP contribution is 2.30. The monoisotopic (exact) mass is 490 g/mol. The van der Waals surface area contributed by atoms with Gasteiger partial charge < -0.3 is 15.7 Å². The molecule has 3 rings (SSSR count). The van der Waals surface area contributed by atoms with Gasteiger partial charge in [-0.1, -0.05) is 99.9 Å². The van der Waals surface area contributed by atoms with Gasteiger partial charge in [0.1, 0.15) is 0 Å². The second kappa shape index (κ2) is 14.9. The van der Waals surface area contributed by atoms with Crippen molar-refractivity contribution in [3.05, 3.63) is 71.8 Å². The van der Waals surface area contributed by atoms with E-state index in [-0.39, 0.29) is 30.7 Å². The molecule has 1 aliphatic rings. The summed E-state index contributed by atoms with van der Waals surface area (Å²) in [5.74, 6) is -1.53. The highest BCUT2D eigenvalue weighted by molar-refractivity contribution is 6.03. The van der Waals surface area contributed by atoms with Crippen LogP contribution in [0.4, 0.5) is 5.69 Å². The molecular weight excluding hydrogens is 452 g/mol. The van der Waals surface area contributed by atoms with Gasteiger partial charge in [-0.3, -0.25) is 14.4 Å². The second-order valence-corrected chi connectivity index (χ2v) is 9.52. The minimum absolute atomic E-state index is 0.115. The van der Waals surface area contributed by atoms with E-state index in [0.29, 0.717) is 16.8 Å². The lowest BCUT2D eigenvalue weighted by molar-refractivity contribution is -0.138. The van der Waals surface area contributed by atoms with E-state index in [9.17, 15) is 14.4 Å². The van der Waals surface area contributed by atoms with Gasteiger partial charge in [0.2, 0.25) is 11.8 Å². The van der Waals surface area contributed by atoms with Crippen molar-refractivity contribution in [2.24, 2.45) is 0 Å². The van der Waals surface area contributed by atoms with Gasteiger partial charge in [0.15, 0.2) is 0 Å². The van der Waals surface area contributed by atoms with Crippen molar-refractivity contribution in [2.75, 3.05) is 5.32 Å². The fraction of sp³-hybridized carbons (Fsp3) is 0.433. The van der Waals surface area contributed by atoms with Crippen LogP contribution >= 0.6 is 0 Å². The highest BCUT2D eigenvalue weighted by atomic mass is 16.4. The number of hydrogen-bond donors (Lipinski definition) is 3. The van der Waals surface area contributed by atoms with Crippen LogP contribution in [0.1, 0.15) is 88.2 Å². The number of carboxylic acid groups (broad SMARTS) is 1. The quantitative estimate of drug-likeness (QED) is 0.377. The van der Waals surface area contributed by atoms with E-state index >= 15 is 0 Å². The highest BCUT2D eigenvalue weighted by Gasteiger charge is 2.16. The van der Waals surface area contributed by atoms with E-state index in [1.54, 1.807) is 12.1 Å². The number of rotatable bonds is 8. The fourth-order valence-corrected chi connectivity index (χ4v) is 4.70. The molecule has 3 N–H and O–H groups in total. The molecule has 0 atom stereocenters. The summed E-state index contributed by atoms with van der Waals surface area (Å²) in [6, 6.07) is 17.1. The number of amides is 2. The molecule has 6 heteroatoms. The Bertz CT molecular complexity index is 1020. The van der Waals surface area contributed by atoms with Gasteiger partial charge in [0.25, 0.3) is 0 Å². The summed E-state index contributed by atoms with van der Waals surface area (Å²) < 4.78 is 0. The summed E-state index contributed by atoms with van der Waals surface area (Å²) in [4.78, 5) is 36.5. The van der Waals surface area contributed by atoms with Crippen LogP contribution in [-0.2, 0) is 14.4 Å². The Morgan fingerprint density at radius 1 is 0.778 bits per heavy atom. The van der Waals surface area contributed by atoms with Crippen LogP contribution in [0, 0.1) is 0 Å². The van der Waals surface area contributed by atoms with Gasteiger partial charge in [-0.15, -0.1) is 0 Å². The zero-order valence-electron chi connectivity index (χ0n) is 21.0. The van der Waals surface area contributed by atoms with E-state index < -0.39 is 5.97 Å². The standard InChI is InChI=1S/C30H38N2O4/c33-28(20-21-30(35)36)32-27-19-13-12-18-25(27)26(23-14-8-7-9-15-23)22-29(34)31-24-16-10-5-3-1-2-4-6-11-17-24/h7-9,12-15,18-19,22,24H,1-6,10-11,16-17,20-21H2,(H,31,34)(H,32,33)(H,35,36). The van der Waals surface area contributed by atoms with Crippen LogP contribution in [0.5, 0.6) is 0 Å². The lowest BCUT2D eigenvalue weighted by Gasteiger charge is -2.19. The van der Waals surface area contributed by atoms with Gasteiger partial charge in [0, 0.05) is 29.8 Å². The molecule has 2 aromatic rings. The Hall–Kier alpha value is -3.41. The maximum atomic E-state index is 13.3. The first-order valence-corrected chi connectivity index (χ1v) is 13.2. The number of carboxylic acids is 1. The Morgan fingerprint density at radius 2 is 1.36 bits per heavy atom. The molecule has 2 aromatic carbocycles. The topological polar surface area (TPSA) is 95.5 Å². The van der Waals surface area contributed by atoms with Gasteiger partial charge in [-0.05, 0) is 30.0 Å². The summed E-state index contributed by atoms with van der Waals surface area (Å²) >= 11 is 0. The molecule has 2 amide bonds. The molecule has 1 aliphatic carbocycles. The summed E-state index contributed by atoms with van der Waals surface area (Å²) in [6.45, 7) is 0. The molecular formula is C30H38N2O4. The lowest BCUT2D eigenvalue weighted by atomic mass is 9.95. The average Bonchev–Trinajstić information content (AvgIpc) is 2.93. The molecule has 0 spiro atoms. The van der Waals surface area contributed by atoms with Crippen molar-refractivity contribution in [1.82, 2.24) is 5.32 Å². The molecule has 1 saturated carbocycles. The molecule has 0 aliphatic heterocycles. The summed E-state index contributed by atoms with van der Waals surface area (Å²) in [5, 5.41) is 15.0. The molecule has 0 heterocycles. The van der Waals surface area contributed by atoms with Crippen LogP contribution in [0.15, 0.2) is 60.7 Å². The largest absolute Gasteiger partial charge is 0.481 e. The smallest absolute Gasteiger partial charge is 0.303 e. The van der Waals surface area contributed by atoms with Gasteiger partial charge >= 0.3 is 5.97 Å². The Kier molecular flexibility index (Phi) is 11.2. The van der Waals surface area contributed by atoms with E-state index in [1.807, 2.05) is 48.5 Å². The van der Waals surface area contributed by atoms with Crippen LogP contribution in [-0.4, -0.2) is 28.9 Å². The van der Waals surface area contributed by atoms with E-state index in [2.05, 4.69) is 10.6 Å². The van der Waals surface area contributed by atoms with Gasteiger partial charge in [0.05, 0.1) is 6.42 Å². The minimum atomic E-state index is -1.02. The van der Waals surface area contributed by atoms with Crippen molar-refractivity contribution in [3.63, 3.8) is 0 Å². The fourth-order valence-electron chi connectivity index (χ4n) is 4.70. The second-order valence-electron chi connectivity index (χ2n) is 9.52. The predicted molar refractivity (Wildman–Crippen MR) is 144 cm³/mol. The molecule has 0 unspecified atom stereocenters. The third-order valence-corrected chi connectivity index (χ3v) is 6.62. The normalized spacial score (nSPS) is 15.9. The molecule has 0 aromatic heterocycles. The third-order valence-electron chi connectivity index (χ3n) is 6.62. The molecule has 0 bridgehead atoms. The Morgan fingerprint density at radius 3 is 2.00 bits per heavy atom. The number of para-hydroxylation sites is 1. The Labute approximate surface area is 214 Å². The van der Waals surface area contributed by atoms with E-state index in [0.717, 1.165) is 31.2 Å². The summed E-state index contributed by atoms with van der Waals surface area (Å²) in [7, 11) is 0. The SMILES string of the molecule is O=C(O)CCC(=O)Nc1ccccc1C(=CC(=O)NC1CCCCCCCCCC1)c1ccccc1. The van der Waals surface area contributed by atoms with Crippen LogP contribution in [0.3, 0.4) is 0 Å². The molecule has 6 nitrogen and oxygen atoms in total. The molecule has 36 heavy (non-hydrogen) atoms. The molecule has 1 fully saturated rings. The average molecular weight is 491 g/mol. The zero-order chi connectivity index (χ0) is 25.6. The van der Waals surface area contributed by atoms with Crippen molar-refractivity contribution in [3.8, 4) is 0 Å². The van der Waals surface area contributed by atoms with E-state index in [4.69, 9.17) is 5.11 Å². The van der Waals surface area contributed by atoms with Gasteiger partial charge in [-0.25, -0.2) is 0 Å². The first-order chi connectivity index (χ1) is 17.5. The number of hydrogen-bond acceptors (Lipinski definition) is 3. The minimum Gasteiger partial charge on any atom is -0.481 e. The maximum absolute atomic E-state index is 13.3. The maximum Gasteiger partial charge on any atom is 0.303 e. The summed E-state index contributed by atoms with van der Waals surface area (Å²) in [6.07, 6.45) is 13.1. The lowest BCUT2D eigenvalue weighted by Crippen LogP contribution is -2.33. The number of aliphatic carboxylic acids is 1. The van der Waals surface area contributed by atoms with Crippen LogP contribution in [0.25, 0.3) is 5.57 Å². The summed E-state index contributed by atoms with van der Waals surface area (Å²) in [5.41, 5.74) is 2.83. The van der Waals surface area contributed by atoms with Crippen molar-refractivity contribution < 1.29 is 19.5 Å². The Balaban J connectivity index is 1.83. The number of carbonyl (C=O) groups is 3. The predicted octanol–water partition coefficient (Wildman–Crippen LogP) is 6.32. The third kappa shape index (κ3) is 9.33. The van der Waals surface area contributed by atoms with Crippen molar-refractivity contribution in [1.29, 1.82) is 0 Å². The molecule has 0 saturated heterocycles. The zero-order valence-corrected chi connectivity index (χ0v) is 21.0.